The van der Waals surface area contributed by atoms with Crippen molar-refractivity contribution in [1.29, 1.82) is 0 Å². The van der Waals surface area contributed by atoms with E-state index in [4.69, 9.17) is 0 Å². The molecule has 0 aromatic carbocycles. The van der Waals surface area contributed by atoms with E-state index < -0.39 is 0 Å². The maximum absolute atomic E-state index is 3.68. The van der Waals surface area contributed by atoms with Gasteiger partial charge in [0.25, 0.3) is 0 Å². The lowest BCUT2D eigenvalue weighted by molar-refractivity contribution is 0.184. The van der Waals surface area contributed by atoms with E-state index in [9.17, 15) is 0 Å². The van der Waals surface area contributed by atoms with Gasteiger partial charge in [-0.25, -0.2) is 0 Å². The molecule has 1 saturated heterocycles. The Morgan fingerprint density at radius 1 is 1.13 bits per heavy atom. The van der Waals surface area contributed by atoms with Gasteiger partial charge in [-0.1, -0.05) is 13.3 Å². The molecule has 0 radical (unpaired) electrons. The smallest absolute Gasteiger partial charge is 0.00670 e. The third-order valence-corrected chi connectivity index (χ3v) is 4.25. The molecule has 2 nitrogen and oxygen atoms in total. The van der Waals surface area contributed by atoms with Crippen LogP contribution in [0.2, 0.25) is 0 Å². The van der Waals surface area contributed by atoms with Gasteiger partial charge in [0.05, 0.1) is 0 Å². The van der Waals surface area contributed by atoms with Crippen molar-refractivity contribution in [3.05, 3.63) is 0 Å². The number of rotatable bonds is 5. The first-order valence-electron chi connectivity index (χ1n) is 6.84. The van der Waals surface area contributed by atoms with Crippen molar-refractivity contribution < 1.29 is 0 Å². The molecule has 15 heavy (non-hydrogen) atoms. The van der Waals surface area contributed by atoms with Gasteiger partial charge in [-0.15, -0.1) is 0 Å². The molecular formula is C13H26N2. The first-order valence-corrected chi connectivity index (χ1v) is 6.84. The highest BCUT2D eigenvalue weighted by Crippen LogP contribution is 2.21. The third kappa shape index (κ3) is 3.46. The van der Waals surface area contributed by atoms with Crippen LogP contribution < -0.4 is 5.32 Å². The molecule has 1 saturated carbocycles. The standard InChI is InChI=1S/C13H26N2/c1-2-15-10-7-12(8-11-15)6-9-14-13-4-3-5-13/h12-14H,2-11H2,1H3. The van der Waals surface area contributed by atoms with E-state index in [0.29, 0.717) is 0 Å². The second-order valence-electron chi connectivity index (χ2n) is 5.25. The molecule has 1 N–H and O–H groups in total. The Morgan fingerprint density at radius 3 is 2.40 bits per heavy atom. The van der Waals surface area contributed by atoms with Crippen molar-refractivity contribution in [2.24, 2.45) is 5.92 Å². The summed E-state index contributed by atoms with van der Waals surface area (Å²) in [5.74, 6) is 1.00. The molecule has 2 heteroatoms. The van der Waals surface area contributed by atoms with E-state index in [2.05, 4.69) is 17.1 Å². The van der Waals surface area contributed by atoms with E-state index in [1.807, 2.05) is 0 Å². The van der Waals surface area contributed by atoms with Crippen LogP contribution in [0.25, 0.3) is 0 Å². The molecule has 2 aliphatic rings. The number of nitrogens with zero attached hydrogens (tertiary/aromatic N) is 1. The van der Waals surface area contributed by atoms with Gasteiger partial charge in [0.15, 0.2) is 0 Å². The maximum atomic E-state index is 3.68. The molecular weight excluding hydrogens is 184 g/mol. The molecule has 2 rings (SSSR count). The third-order valence-electron chi connectivity index (χ3n) is 4.25. The molecule has 0 spiro atoms. The van der Waals surface area contributed by atoms with Gasteiger partial charge in [0.2, 0.25) is 0 Å². The van der Waals surface area contributed by atoms with Crippen molar-refractivity contribution >= 4 is 0 Å². The average molecular weight is 210 g/mol. The Balaban J connectivity index is 1.52. The lowest BCUT2D eigenvalue weighted by atomic mass is 9.91. The SMILES string of the molecule is CCN1CCC(CCNC2CCC2)CC1. The summed E-state index contributed by atoms with van der Waals surface area (Å²) in [4.78, 5) is 2.58. The summed E-state index contributed by atoms with van der Waals surface area (Å²) in [5, 5.41) is 3.68. The van der Waals surface area contributed by atoms with Crippen LogP contribution in [0.1, 0.15) is 45.4 Å². The predicted molar refractivity (Wildman–Crippen MR) is 65.1 cm³/mol. The van der Waals surface area contributed by atoms with Crippen molar-refractivity contribution in [2.45, 2.75) is 51.5 Å². The number of hydrogen-bond acceptors (Lipinski definition) is 2. The fraction of sp³-hybridized carbons (Fsp3) is 1.00. The molecule has 88 valence electrons. The normalized spacial score (nSPS) is 25.4. The van der Waals surface area contributed by atoms with Crippen molar-refractivity contribution in [2.75, 3.05) is 26.2 Å². The van der Waals surface area contributed by atoms with Crippen LogP contribution >= 0.6 is 0 Å². The zero-order chi connectivity index (χ0) is 10.5. The Morgan fingerprint density at radius 2 is 1.87 bits per heavy atom. The summed E-state index contributed by atoms with van der Waals surface area (Å²) in [6, 6.07) is 0.876. The summed E-state index contributed by atoms with van der Waals surface area (Å²) in [5.41, 5.74) is 0. The molecule has 0 aromatic heterocycles. The molecule has 1 aliphatic carbocycles. The zero-order valence-electron chi connectivity index (χ0n) is 10.2. The Bertz CT molecular complexity index is 169. The Labute approximate surface area is 94.4 Å². The number of piperidine rings is 1. The van der Waals surface area contributed by atoms with Crippen LogP contribution in [0.15, 0.2) is 0 Å². The van der Waals surface area contributed by atoms with E-state index >= 15 is 0 Å². The lowest BCUT2D eigenvalue weighted by Crippen LogP contribution is -2.38. The highest BCUT2D eigenvalue weighted by Gasteiger charge is 2.19. The fourth-order valence-corrected chi connectivity index (χ4v) is 2.70. The van der Waals surface area contributed by atoms with Gasteiger partial charge in [-0.3, -0.25) is 0 Å². The minimum atomic E-state index is 0.876. The summed E-state index contributed by atoms with van der Waals surface area (Å²) < 4.78 is 0. The van der Waals surface area contributed by atoms with Crippen LogP contribution in [0, 0.1) is 5.92 Å². The monoisotopic (exact) mass is 210 g/mol. The van der Waals surface area contributed by atoms with Gasteiger partial charge < -0.3 is 10.2 Å². The molecule has 0 amide bonds. The molecule has 2 fully saturated rings. The highest BCUT2D eigenvalue weighted by molar-refractivity contribution is 4.77. The second-order valence-corrected chi connectivity index (χ2v) is 5.25. The fourth-order valence-electron chi connectivity index (χ4n) is 2.70. The van der Waals surface area contributed by atoms with Gasteiger partial charge in [0.1, 0.15) is 0 Å². The van der Waals surface area contributed by atoms with E-state index in [-0.39, 0.29) is 0 Å². The minimum Gasteiger partial charge on any atom is -0.314 e. The quantitative estimate of drug-likeness (QED) is 0.749. The maximum Gasteiger partial charge on any atom is 0.00670 e. The van der Waals surface area contributed by atoms with Crippen LogP contribution in [-0.4, -0.2) is 37.1 Å². The number of likely N-dealkylation sites (tertiary alicyclic amines) is 1. The van der Waals surface area contributed by atoms with Gasteiger partial charge in [-0.2, -0.15) is 0 Å². The summed E-state index contributed by atoms with van der Waals surface area (Å²) >= 11 is 0. The molecule has 0 aromatic rings. The van der Waals surface area contributed by atoms with E-state index in [1.165, 1.54) is 64.7 Å². The van der Waals surface area contributed by atoms with Crippen molar-refractivity contribution in [3.8, 4) is 0 Å². The summed E-state index contributed by atoms with van der Waals surface area (Å²) in [7, 11) is 0. The average Bonchev–Trinajstić information content (AvgIpc) is 2.23. The van der Waals surface area contributed by atoms with Gasteiger partial charge in [0, 0.05) is 6.04 Å². The van der Waals surface area contributed by atoms with Gasteiger partial charge >= 0.3 is 0 Å². The van der Waals surface area contributed by atoms with Crippen LogP contribution in [0.4, 0.5) is 0 Å². The molecule has 1 aliphatic heterocycles. The lowest BCUT2D eigenvalue weighted by Gasteiger charge is -2.32. The highest BCUT2D eigenvalue weighted by atomic mass is 15.1. The van der Waals surface area contributed by atoms with Crippen LogP contribution in [0.5, 0.6) is 0 Å². The zero-order valence-corrected chi connectivity index (χ0v) is 10.2. The molecule has 1 heterocycles. The summed E-state index contributed by atoms with van der Waals surface area (Å²) in [6.45, 7) is 7.46. The first kappa shape index (κ1) is 11.4. The van der Waals surface area contributed by atoms with E-state index in [0.717, 1.165) is 12.0 Å². The topological polar surface area (TPSA) is 15.3 Å². The number of hydrogen-bond donors (Lipinski definition) is 1. The predicted octanol–water partition coefficient (Wildman–Crippen LogP) is 2.25. The van der Waals surface area contributed by atoms with E-state index in [1.54, 1.807) is 0 Å². The minimum absolute atomic E-state index is 0.876. The molecule has 0 atom stereocenters. The van der Waals surface area contributed by atoms with Crippen molar-refractivity contribution in [1.82, 2.24) is 10.2 Å². The van der Waals surface area contributed by atoms with Crippen molar-refractivity contribution in [3.63, 3.8) is 0 Å². The molecule has 0 unspecified atom stereocenters. The summed E-state index contributed by atoms with van der Waals surface area (Å²) in [6.07, 6.45) is 8.57. The van der Waals surface area contributed by atoms with Crippen LogP contribution in [0.3, 0.4) is 0 Å². The van der Waals surface area contributed by atoms with Crippen LogP contribution in [-0.2, 0) is 0 Å². The first-order chi connectivity index (χ1) is 7.38. The van der Waals surface area contributed by atoms with Gasteiger partial charge in [-0.05, 0) is 64.2 Å². The Kier molecular flexibility index (Phi) is 4.45. The molecule has 0 bridgehead atoms. The Hall–Kier alpha value is -0.0800. The largest absolute Gasteiger partial charge is 0.314 e. The second kappa shape index (κ2) is 5.86. The number of nitrogens with one attached hydrogen (secondary N) is 1.